The molecule has 9 heteroatoms. The minimum atomic E-state index is -3.71. The van der Waals surface area contributed by atoms with E-state index in [1.807, 2.05) is 35.9 Å². The summed E-state index contributed by atoms with van der Waals surface area (Å²) in [6.07, 6.45) is 0. The first kappa shape index (κ1) is 18.2. The van der Waals surface area contributed by atoms with Crippen LogP contribution in [0.3, 0.4) is 0 Å². The first-order valence-electron chi connectivity index (χ1n) is 8.49. The summed E-state index contributed by atoms with van der Waals surface area (Å²) in [6.45, 7) is 1.68. The fourth-order valence-electron chi connectivity index (χ4n) is 3.33. The molecule has 6 nitrogen and oxygen atoms in total. The molecule has 0 aliphatic carbocycles. The third-order valence-electron chi connectivity index (χ3n) is 4.81. The summed E-state index contributed by atoms with van der Waals surface area (Å²) in [5.74, 6) is 0.181. The summed E-state index contributed by atoms with van der Waals surface area (Å²) in [5, 5.41) is -0.200. The van der Waals surface area contributed by atoms with Gasteiger partial charge in [-0.1, -0.05) is 23.7 Å². The van der Waals surface area contributed by atoms with E-state index in [9.17, 15) is 12.8 Å². The summed E-state index contributed by atoms with van der Waals surface area (Å²) >= 11 is 5.74. The fraction of sp³-hybridized carbons (Fsp3) is 0.278. The number of sulfonamides is 1. The SMILES string of the molecule is Cn1c(N2CCN(S(=O)(=O)c3ccc(F)c(Cl)c3)CC2)nc2ccccc21. The van der Waals surface area contributed by atoms with Crippen molar-refractivity contribution in [3.8, 4) is 0 Å². The number of imidazole rings is 1. The lowest BCUT2D eigenvalue weighted by atomic mass is 10.3. The summed E-state index contributed by atoms with van der Waals surface area (Å²) in [6, 6.07) is 11.3. The number of hydrogen-bond acceptors (Lipinski definition) is 4. The molecule has 1 aliphatic rings. The van der Waals surface area contributed by atoms with Crippen LogP contribution >= 0.6 is 11.6 Å². The zero-order valence-electron chi connectivity index (χ0n) is 14.6. The third-order valence-corrected chi connectivity index (χ3v) is 7.00. The molecule has 0 atom stereocenters. The highest BCUT2D eigenvalue weighted by Crippen LogP contribution is 2.25. The molecule has 1 aromatic heterocycles. The molecular formula is C18H18ClFN4O2S. The van der Waals surface area contributed by atoms with Gasteiger partial charge < -0.3 is 9.47 Å². The second kappa shape index (κ2) is 6.78. The number of rotatable bonds is 3. The Morgan fingerprint density at radius 3 is 2.44 bits per heavy atom. The lowest BCUT2D eigenvalue weighted by Gasteiger charge is -2.34. The van der Waals surface area contributed by atoms with Crippen molar-refractivity contribution < 1.29 is 12.8 Å². The molecule has 0 radical (unpaired) electrons. The van der Waals surface area contributed by atoms with E-state index in [-0.39, 0.29) is 9.92 Å². The van der Waals surface area contributed by atoms with Crippen molar-refractivity contribution in [2.75, 3.05) is 31.1 Å². The van der Waals surface area contributed by atoms with Gasteiger partial charge in [0.15, 0.2) is 0 Å². The maximum atomic E-state index is 13.3. The number of hydrogen-bond donors (Lipinski definition) is 0. The van der Waals surface area contributed by atoms with Gasteiger partial charge in [-0.3, -0.25) is 0 Å². The van der Waals surface area contributed by atoms with E-state index < -0.39 is 15.8 Å². The standard InChI is InChI=1S/C18H18ClFN4O2S/c1-22-17-5-3-2-4-16(17)21-18(22)23-8-10-24(11-9-23)27(25,26)13-6-7-15(20)14(19)12-13/h2-7,12H,8-11H2,1H3. The van der Waals surface area contributed by atoms with Crippen molar-refractivity contribution in [1.29, 1.82) is 0 Å². The van der Waals surface area contributed by atoms with E-state index in [0.29, 0.717) is 26.2 Å². The van der Waals surface area contributed by atoms with Gasteiger partial charge in [0, 0.05) is 33.2 Å². The van der Waals surface area contributed by atoms with Crippen LogP contribution < -0.4 is 4.90 Å². The number of fused-ring (bicyclic) bond motifs is 1. The quantitative estimate of drug-likeness (QED) is 0.668. The highest BCUT2D eigenvalue weighted by Gasteiger charge is 2.30. The van der Waals surface area contributed by atoms with Gasteiger partial charge in [0.2, 0.25) is 16.0 Å². The van der Waals surface area contributed by atoms with Crippen LogP contribution in [0.5, 0.6) is 0 Å². The first-order chi connectivity index (χ1) is 12.9. The maximum Gasteiger partial charge on any atom is 0.243 e. The Labute approximate surface area is 161 Å². The third kappa shape index (κ3) is 3.18. The fourth-order valence-corrected chi connectivity index (χ4v) is 5.02. The van der Waals surface area contributed by atoms with Crippen molar-refractivity contribution >= 4 is 38.6 Å². The number of para-hydroxylation sites is 2. The Morgan fingerprint density at radius 1 is 1.07 bits per heavy atom. The number of nitrogens with zero attached hydrogens (tertiary/aromatic N) is 4. The van der Waals surface area contributed by atoms with Gasteiger partial charge in [0.05, 0.1) is 21.0 Å². The molecule has 0 amide bonds. The number of benzene rings is 2. The molecule has 1 aliphatic heterocycles. The van der Waals surface area contributed by atoms with E-state index in [0.717, 1.165) is 29.1 Å². The first-order valence-corrected chi connectivity index (χ1v) is 10.3. The molecule has 0 unspecified atom stereocenters. The molecule has 2 aromatic carbocycles. The zero-order chi connectivity index (χ0) is 19.2. The van der Waals surface area contributed by atoms with Crippen LogP contribution in [0.2, 0.25) is 5.02 Å². The predicted molar refractivity (Wildman–Crippen MR) is 103 cm³/mol. The van der Waals surface area contributed by atoms with Crippen LogP contribution in [-0.2, 0) is 17.1 Å². The Balaban J connectivity index is 1.54. The monoisotopic (exact) mass is 408 g/mol. The Morgan fingerprint density at radius 2 is 1.78 bits per heavy atom. The second-order valence-electron chi connectivity index (χ2n) is 6.43. The Kier molecular flexibility index (Phi) is 4.57. The number of aryl methyl sites for hydroxylation is 1. The van der Waals surface area contributed by atoms with Crippen LogP contribution in [0.15, 0.2) is 47.4 Å². The van der Waals surface area contributed by atoms with Gasteiger partial charge in [0.25, 0.3) is 0 Å². The van der Waals surface area contributed by atoms with E-state index in [2.05, 4.69) is 9.88 Å². The van der Waals surface area contributed by atoms with Gasteiger partial charge in [-0.15, -0.1) is 0 Å². The lowest BCUT2D eigenvalue weighted by Crippen LogP contribution is -2.49. The largest absolute Gasteiger partial charge is 0.340 e. The molecule has 0 N–H and O–H groups in total. The van der Waals surface area contributed by atoms with Gasteiger partial charge in [-0.2, -0.15) is 4.31 Å². The molecule has 3 aromatic rings. The van der Waals surface area contributed by atoms with Crippen molar-refractivity contribution in [2.24, 2.45) is 7.05 Å². The molecule has 1 fully saturated rings. The van der Waals surface area contributed by atoms with Crippen molar-refractivity contribution in [3.05, 3.63) is 53.3 Å². The van der Waals surface area contributed by atoms with Crippen LogP contribution in [0.25, 0.3) is 11.0 Å². The van der Waals surface area contributed by atoms with E-state index in [4.69, 9.17) is 11.6 Å². The molecule has 0 saturated carbocycles. The molecule has 4 rings (SSSR count). The van der Waals surface area contributed by atoms with Crippen molar-refractivity contribution in [2.45, 2.75) is 4.90 Å². The minimum Gasteiger partial charge on any atom is -0.340 e. The smallest absolute Gasteiger partial charge is 0.243 e. The van der Waals surface area contributed by atoms with Crippen LogP contribution in [-0.4, -0.2) is 48.5 Å². The maximum absolute atomic E-state index is 13.3. The highest BCUT2D eigenvalue weighted by molar-refractivity contribution is 7.89. The van der Waals surface area contributed by atoms with Gasteiger partial charge in [0.1, 0.15) is 5.82 Å². The number of halogens is 2. The summed E-state index contributed by atoms with van der Waals surface area (Å²) in [5.41, 5.74) is 1.94. The Hall–Kier alpha value is -2.16. The molecule has 0 bridgehead atoms. The molecule has 2 heterocycles. The number of piperazine rings is 1. The average Bonchev–Trinajstić information content (AvgIpc) is 3.01. The summed E-state index contributed by atoms with van der Waals surface area (Å²) in [4.78, 5) is 6.74. The van der Waals surface area contributed by atoms with E-state index >= 15 is 0 Å². The van der Waals surface area contributed by atoms with Gasteiger partial charge >= 0.3 is 0 Å². The topological polar surface area (TPSA) is 58.4 Å². The molecule has 142 valence electrons. The van der Waals surface area contributed by atoms with E-state index in [1.165, 1.54) is 10.4 Å². The van der Waals surface area contributed by atoms with Crippen LogP contribution in [0, 0.1) is 5.82 Å². The van der Waals surface area contributed by atoms with Crippen molar-refractivity contribution in [1.82, 2.24) is 13.9 Å². The lowest BCUT2D eigenvalue weighted by molar-refractivity contribution is 0.381. The number of aromatic nitrogens is 2. The molecule has 0 spiro atoms. The van der Waals surface area contributed by atoms with Gasteiger partial charge in [-0.25, -0.2) is 17.8 Å². The second-order valence-corrected chi connectivity index (χ2v) is 8.77. The minimum absolute atomic E-state index is 0.00470. The number of anilines is 1. The zero-order valence-corrected chi connectivity index (χ0v) is 16.2. The van der Waals surface area contributed by atoms with Crippen LogP contribution in [0.1, 0.15) is 0 Å². The van der Waals surface area contributed by atoms with Gasteiger partial charge in [-0.05, 0) is 30.3 Å². The Bertz CT molecular complexity index is 1110. The normalized spacial score (nSPS) is 16.2. The average molecular weight is 409 g/mol. The van der Waals surface area contributed by atoms with Crippen LogP contribution in [0.4, 0.5) is 10.3 Å². The van der Waals surface area contributed by atoms with E-state index in [1.54, 1.807) is 0 Å². The summed E-state index contributed by atoms with van der Waals surface area (Å²) in [7, 11) is -1.76. The summed E-state index contributed by atoms with van der Waals surface area (Å²) < 4.78 is 42.4. The highest BCUT2D eigenvalue weighted by atomic mass is 35.5. The molecule has 1 saturated heterocycles. The van der Waals surface area contributed by atoms with Crippen molar-refractivity contribution in [3.63, 3.8) is 0 Å². The predicted octanol–water partition coefficient (Wildman–Crippen LogP) is 2.88. The molecular weight excluding hydrogens is 391 g/mol. The molecule has 27 heavy (non-hydrogen) atoms.